The van der Waals surface area contributed by atoms with Crippen molar-refractivity contribution in [2.75, 3.05) is 11.9 Å². The third kappa shape index (κ3) is 3.35. The molecule has 1 aliphatic rings. The highest BCUT2D eigenvalue weighted by atomic mass is 32.2. The molecule has 1 N–H and O–H groups in total. The lowest BCUT2D eigenvalue weighted by Gasteiger charge is -2.23. The molecule has 6 nitrogen and oxygen atoms in total. The molecule has 1 aromatic heterocycles. The van der Waals surface area contributed by atoms with Gasteiger partial charge in [-0.25, -0.2) is 13.4 Å². The lowest BCUT2D eigenvalue weighted by Crippen LogP contribution is -2.43. The van der Waals surface area contributed by atoms with Crippen molar-refractivity contribution in [1.29, 1.82) is 0 Å². The summed E-state index contributed by atoms with van der Waals surface area (Å²) in [6.07, 6.45) is 1.18. The SMILES string of the molecule is Cc1ccc(S(=O)(=O)N2CCCC2C(=O)Nc2nc(C)cs2)cc1. The first-order chi connectivity index (χ1) is 11.4. The Labute approximate surface area is 145 Å². The Morgan fingerprint density at radius 3 is 2.62 bits per heavy atom. The standard InChI is InChI=1S/C16H19N3O3S2/c1-11-5-7-13(8-6-11)24(21,22)19-9-3-4-14(19)15(20)18-16-17-12(2)10-23-16/h5-8,10,14H,3-4,9H2,1-2H3,(H,17,18,20). The molecule has 0 spiro atoms. The number of carbonyl (C=O) groups excluding carboxylic acids is 1. The number of rotatable bonds is 4. The van der Waals surface area contributed by atoms with Crippen LogP contribution in [-0.2, 0) is 14.8 Å². The Bertz CT molecular complexity index is 844. The lowest BCUT2D eigenvalue weighted by atomic mass is 10.2. The fourth-order valence-electron chi connectivity index (χ4n) is 2.74. The van der Waals surface area contributed by atoms with E-state index in [-0.39, 0.29) is 10.8 Å². The number of hydrogen-bond donors (Lipinski definition) is 1. The number of amides is 1. The van der Waals surface area contributed by atoms with Gasteiger partial charge in [-0.05, 0) is 38.8 Å². The largest absolute Gasteiger partial charge is 0.301 e. The van der Waals surface area contributed by atoms with Gasteiger partial charge in [0.2, 0.25) is 15.9 Å². The van der Waals surface area contributed by atoms with Crippen LogP contribution in [0.3, 0.4) is 0 Å². The summed E-state index contributed by atoms with van der Waals surface area (Å²) in [6, 6.07) is 6.00. The van der Waals surface area contributed by atoms with E-state index in [1.165, 1.54) is 15.6 Å². The van der Waals surface area contributed by atoms with Crippen LogP contribution in [0.1, 0.15) is 24.1 Å². The molecule has 0 saturated carbocycles. The second kappa shape index (κ2) is 6.62. The predicted molar refractivity (Wildman–Crippen MR) is 93.6 cm³/mol. The number of carbonyl (C=O) groups is 1. The monoisotopic (exact) mass is 365 g/mol. The maximum absolute atomic E-state index is 12.9. The lowest BCUT2D eigenvalue weighted by molar-refractivity contribution is -0.119. The first-order valence-electron chi connectivity index (χ1n) is 7.69. The maximum atomic E-state index is 12.9. The van der Waals surface area contributed by atoms with Gasteiger partial charge >= 0.3 is 0 Å². The molecule has 1 aromatic carbocycles. The average molecular weight is 365 g/mol. The molecule has 2 heterocycles. The number of benzene rings is 1. The summed E-state index contributed by atoms with van der Waals surface area (Å²) >= 11 is 1.33. The third-order valence-corrected chi connectivity index (χ3v) is 6.78. The molecule has 1 amide bonds. The number of hydrogen-bond acceptors (Lipinski definition) is 5. The van der Waals surface area contributed by atoms with Gasteiger partial charge in [0.25, 0.3) is 0 Å². The van der Waals surface area contributed by atoms with E-state index < -0.39 is 16.1 Å². The molecule has 0 aliphatic carbocycles. The van der Waals surface area contributed by atoms with Crippen molar-refractivity contribution < 1.29 is 13.2 Å². The summed E-state index contributed by atoms with van der Waals surface area (Å²) in [5.41, 5.74) is 1.81. The van der Waals surface area contributed by atoms with Gasteiger partial charge < -0.3 is 5.32 Å². The second-order valence-corrected chi connectivity index (χ2v) is 8.62. The summed E-state index contributed by atoms with van der Waals surface area (Å²) in [6.45, 7) is 4.10. The van der Waals surface area contributed by atoms with Gasteiger partial charge in [0.1, 0.15) is 6.04 Å². The maximum Gasteiger partial charge on any atom is 0.244 e. The second-order valence-electron chi connectivity index (χ2n) is 5.87. The van der Waals surface area contributed by atoms with Crippen molar-refractivity contribution in [3.63, 3.8) is 0 Å². The predicted octanol–water partition coefficient (Wildman–Crippen LogP) is 2.55. The van der Waals surface area contributed by atoms with Crippen LogP contribution in [0.2, 0.25) is 0 Å². The van der Waals surface area contributed by atoms with Crippen LogP contribution in [0.25, 0.3) is 0 Å². The highest BCUT2D eigenvalue weighted by Crippen LogP contribution is 2.27. The average Bonchev–Trinajstić information content (AvgIpc) is 3.17. The van der Waals surface area contributed by atoms with Gasteiger partial charge in [0.15, 0.2) is 5.13 Å². The number of aromatic nitrogens is 1. The molecule has 128 valence electrons. The van der Waals surface area contributed by atoms with E-state index in [1.807, 2.05) is 19.2 Å². The van der Waals surface area contributed by atoms with Crippen LogP contribution >= 0.6 is 11.3 Å². The van der Waals surface area contributed by atoms with Gasteiger partial charge in [0, 0.05) is 11.9 Å². The highest BCUT2D eigenvalue weighted by molar-refractivity contribution is 7.89. The molecule has 1 unspecified atom stereocenters. The minimum atomic E-state index is -3.68. The van der Waals surface area contributed by atoms with Gasteiger partial charge in [-0.3, -0.25) is 4.79 Å². The zero-order chi connectivity index (χ0) is 17.3. The summed E-state index contributed by atoms with van der Waals surface area (Å²) in [5, 5.41) is 5.07. The zero-order valence-electron chi connectivity index (χ0n) is 13.5. The normalized spacial score (nSPS) is 18.7. The molecule has 1 atom stereocenters. The Kier molecular flexibility index (Phi) is 4.71. The fourth-order valence-corrected chi connectivity index (χ4v) is 5.08. The molecule has 1 aliphatic heterocycles. The Morgan fingerprint density at radius 2 is 2.00 bits per heavy atom. The van der Waals surface area contributed by atoms with Gasteiger partial charge in [0.05, 0.1) is 10.6 Å². The van der Waals surface area contributed by atoms with Crippen molar-refractivity contribution >= 4 is 32.4 Å². The topological polar surface area (TPSA) is 79.4 Å². The van der Waals surface area contributed by atoms with Crippen LogP contribution in [0, 0.1) is 13.8 Å². The minimum absolute atomic E-state index is 0.220. The Morgan fingerprint density at radius 1 is 1.29 bits per heavy atom. The van der Waals surface area contributed by atoms with Crippen LogP contribution in [0.4, 0.5) is 5.13 Å². The van der Waals surface area contributed by atoms with Gasteiger partial charge in [-0.15, -0.1) is 11.3 Å². The number of nitrogens with one attached hydrogen (secondary N) is 1. The zero-order valence-corrected chi connectivity index (χ0v) is 15.2. The molecule has 3 rings (SSSR count). The third-order valence-electron chi connectivity index (χ3n) is 3.98. The fraction of sp³-hybridized carbons (Fsp3) is 0.375. The molecule has 1 saturated heterocycles. The number of nitrogens with zero attached hydrogens (tertiary/aromatic N) is 2. The molecule has 2 aromatic rings. The van der Waals surface area contributed by atoms with Crippen molar-refractivity contribution in [1.82, 2.24) is 9.29 Å². The first kappa shape index (κ1) is 17.1. The van der Waals surface area contributed by atoms with Crippen LogP contribution in [-0.4, -0.2) is 36.2 Å². The van der Waals surface area contributed by atoms with E-state index >= 15 is 0 Å². The molecule has 8 heteroatoms. The number of thiazole rings is 1. The van der Waals surface area contributed by atoms with Crippen molar-refractivity contribution in [3.05, 3.63) is 40.9 Å². The van der Waals surface area contributed by atoms with Crippen LogP contribution in [0.15, 0.2) is 34.5 Å². The quantitative estimate of drug-likeness (QED) is 0.903. The van der Waals surface area contributed by atoms with Crippen molar-refractivity contribution in [2.45, 2.75) is 37.6 Å². The molecular weight excluding hydrogens is 346 g/mol. The molecule has 0 radical (unpaired) electrons. The van der Waals surface area contributed by atoms with E-state index in [9.17, 15) is 13.2 Å². The number of anilines is 1. The number of sulfonamides is 1. The molecule has 24 heavy (non-hydrogen) atoms. The summed E-state index contributed by atoms with van der Waals surface area (Å²) in [5.74, 6) is -0.322. The molecule has 0 bridgehead atoms. The van der Waals surface area contributed by atoms with E-state index in [4.69, 9.17) is 0 Å². The van der Waals surface area contributed by atoms with Gasteiger partial charge in [-0.1, -0.05) is 17.7 Å². The molecular formula is C16H19N3O3S2. The highest BCUT2D eigenvalue weighted by Gasteiger charge is 2.39. The van der Waals surface area contributed by atoms with E-state index in [1.54, 1.807) is 24.3 Å². The summed E-state index contributed by atoms with van der Waals surface area (Å²) in [7, 11) is -3.68. The number of aryl methyl sites for hydroxylation is 2. The summed E-state index contributed by atoms with van der Waals surface area (Å²) < 4.78 is 27.0. The van der Waals surface area contributed by atoms with Crippen molar-refractivity contribution in [3.8, 4) is 0 Å². The first-order valence-corrected chi connectivity index (χ1v) is 10.0. The Balaban J connectivity index is 1.81. The minimum Gasteiger partial charge on any atom is -0.301 e. The van der Waals surface area contributed by atoms with Crippen LogP contribution < -0.4 is 5.32 Å². The van der Waals surface area contributed by atoms with Gasteiger partial charge in [-0.2, -0.15) is 4.31 Å². The smallest absolute Gasteiger partial charge is 0.244 e. The van der Waals surface area contributed by atoms with E-state index in [0.29, 0.717) is 24.5 Å². The van der Waals surface area contributed by atoms with Crippen LogP contribution in [0.5, 0.6) is 0 Å². The van der Waals surface area contributed by atoms with Crippen molar-refractivity contribution in [2.24, 2.45) is 0 Å². The Hall–Kier alpha value is -1.77. The molecule has 1 fully saturated rings. The van der Waals surface area contributed by atoms with E-state index in [0.717, 1.165) is 11.3 Å². The van der Waals surface area contributed by atoms with E-state index in [2.05, 4.69) is 10.3 Å². The summed E-state index contributed by atoms with van der Waals surface area (Å²) in [4.78, 5) is 16.9.